The smallest absolute Gasteiger partial charge is 0.363 e. The van der Waals surface area contributed by atoms with E-state index in [0.717, 1.165) is 24.6 Å². The number of esters is 2. The minimum atomic E-state index is -0.599. The second-order valence-corrected chi connectivity index (χ2v) is 10.8. The van der Waals surface area contributed by atoms with Gasteiger partial charge in [-0.25, -0.2) is 14.6 Å². The van der Waals surface area contributed by atoms with Crippen molar-refractivity contribution in [3.8, 4) is 5.75 Å². The molecule has 5 nitrogen and oxygen atoms in total. The summed E-state index contributed by atoms with van der Waals surface area (Å²) in [5, 5.41) is 1.11. The number of carbonyl (C=O) groups is 2. The SMILES string of the molecule is O=C1OC(/C=C/c2ccccc2)=NC/1=C/c1cc(Br)ccc1OC(=O)c1sc2cc(Br)ccc2c1Cl. The van der Waals surface area contributed by atoms with E-state index in [-0.39, 0.29) is 22.2 Å². The average molecular weight is 644 g/mol. The lowest BCUT2D eigenvalue weighted by molar-refractivity contribution is -0.129. The van der Waals surface area contributed by atoms with Crippen LogP contribution in [-0.2, 0) is 9.53 Å². The molecule has 2 heterocycles. The zero-order valence-electron chi connectivity index (χ0n) is 18.2. The summed E-state index contributed by atoms with van der Waals surface area (Å²) >= 11 is 14.6. The summed E-state index contributed by atoms with van der Waals surface area (Å²) < 4.78 is 13.4. The highest BCUT2D eigenvalue weighted by molar-refractivity contribution is 9.10. The first-order chi connectivity index (χ1) is 17.4. The van der Waals surface area contributed by atoms with Gasteiger partial charge in [0.15, 0.2) is 5.70 Å². The van der Waals surface area contributed by atoms with Crippen LogP contribution >= 0.6 is 54.8 Å². The van der Waals surface area contributed by atoms with E-state index in [1.54, 1.807) is 30.4 Å². The van der Waals surface area contributed by atoms with Crippen molar-refractivity contribution in [3.63, 3.8) is 0 Å². The Balaban J connectivity index is 1.43. The molecule has 0 unspecified atom stereocenters. The minimum Gasteiger partial charge on any atom is -0.422 e. The lowest BCUT2D eigenvalue weighted by Crippen LogP contribution is -2.08. The van der Waals surface area contributed by atoms with Crippen molar-refractivity contribution < 1.29 is 19.1 Å². The molecule has 0 saturated heterocycles. The summed E-state index contributed by atoms with van der Waals surface area (Å²) in [6.07, 6.45) is 4.94. The maximum Gasteiger partial charge on any atom is 0.363 e. The molecule has 0 fully saturated rings. The van der Waals surface area contributed by atoms with E-state index < -0.39 is 11.9 Å². The molecule has 178 valence electrons. The van der Waals surface area contributed by atoms with Crippen LogP contribution in [0.2, 0.25) is 5.02 Å². The number of halogens is 3. The van der Waals surface area contributed by atoms with Crippen molar-refractivity contribution in [1.29, 1.82) is 0 Å². The number of hydrogen-bond acceptors (Lipinski definition) is 6. The van der Waals surface area contributed by atoms with Gasteiger partial charge in [0.25, 0.3) is 0 Å². The van der Waals surface area contributed by atoms with Gasteiger partial charge in [-0.3, -0.25) is 0 Å². The molecule has 0 N–H and O–H groups in total. The Kier molecular flexibility index (Phi) is 7.20. The highest BCUT2D eigenvalue weighted by Gasteiger charge is 2.24. The fourth-order valence-corrected chi connectivity index (χ4v) is 5.73. The maximum absolute atomic E-state index is 13.0. The Hall–Kier alpha value is -3.04. The standard InChI is InChI=1S/C27H14Br2ClNO4S/c28-17-8-10-21(34-27(33)25-24(30)19-9-7-18(29)14-22(19)36-25)16(12-17)13-20-26(32)35-23(31-20)11-6-15-4-2-1-3-5-15/h1-14H/b11-6+,20-13+. The Labute approximate surface area is 232 Å². The largest absolute Gasteiger partial charge is 0.422 e. The molecule has 9 heteroatoms. The van der Waals surface area contributed by atoms with Gasteiger partial charge < -0.3 is 9.47 Å². The van der Waals surface area contributed by atoms with Crippen molar-refractivity contribution in [2.75, 3.05) is 0 Å². The Bertz CT molecular complexity index is 1610. The van der Waals surface area contributed by atoms with Crippen LogP contribution in [-0.4, -0.2) is 17.8 Å². The molecule has 0 amide bonds. The highest BCUT2D eigenvalue weighted by atomic mass is 79.9. The van der Waals surface area contributed by atoms with Gasteiger partial charge in [-0.05, 0) is 48.0 Å². The summed E-state index contributed by atoms with van der Waals surface area (Å²) in [6.45, 7) is 0. The van der Waals surface area contributed by atoms with Crippen LogP contribution in [0.15, 0.2) is 92.4 Å². The topological polar surface area (TPSA) is 65.0 Å². The van der Waals surface area contributed by atoms with E-state index in [1.165, 1.54) is 17.4 Å². The molecular formula is C27H14Br2ClNO4S. The number of hydrogen-bond donors (Lipinski definition) is 0. The van der Waals surface area contributed by atoms with Crippen LogP contribution in [0.3, 0.4) is 0 Å². The number of cyclic esters (lactones) is 1. The van der Waals surface area contributed by atoms with E-state index in [9.17, 15) is 9.59 Å². The number of aliphatic imine (C=N–C) groups is 1. The van der Waals surface area contributed by atoms with E-state index >= 15 is 0 Å². The summed E-state index contributed by atoms with van der Waals surface area (Å²) in [5.41, 5.74) is 1.51. The molecule has 1 aliphatic rings. The third kappa shape index (κ3) is 5.37. The molecule has 0 spiro atoms. The van der Waals surface area contributed by atoms with E-state index in [2.05, 4.69) is 36.9 Å². The maximum atomic E-state index is 13.0. The first-order valence-electron chi connectivity index (χ1n) is 10.5. The second kappa shape index (κ2) is 10.5. The second-order valence-electron chi connectivity index (χ2n) is 7.57. The van der Waals surface area contributed by atoms with Gasteiger partial charge in [-0.1, -0.05) is 79.9 Å². The first kappa shape index (κ1) is 24.6. The van der Waals surface area contributed by atoms with Gasteiger partial charge >= 0.3 is 11.9 Å². The van der Waals surface area contributed by atoms with Gasteiger partial charge in [-0.2, -0.15) is 0 Å². The number of ether oxygens (including phenoxy) is 2. The van der Waals surface area contributed by atoms with Crippen LogP contribution in [0, 0.1) is 0 Å². The Morgan fingerprint density at radius 2 is 1.75 bits per heavy atom. The number of rotatable bonds is 5. The molecule has 1 aromatic heterocycles. The fourth-order valence-electron chi connectivity index (χ4n) is 3.42. The van der Waals surface area contributed by atoms with Gasteiger partial charge in [0.05, 0.1) is 5.02 Å². The Morgan fingerprint density at radius 3 is 2.56 bits per heavy atom. The summed E-state index contributed by atoms with van der Waals surface area (Å²) in [7, 11) is 0. The molecule has 3 aromatic carbocycles. The van der Waals surface area contributed by atoms with Crippen molar-refractivity contribution in [3.05, 3.63) is 108 Å². The predicted molar refractivity (Wildman–Crippen MR) is 151 cm³/mol. The number of thiophene rings is 1. The molecule has 0 radical (unpaired) electrons. The quantitative estimate of drug-likeness (QED) is 0.125. The third-order valence-electron chi connectivity index (χ3n) is 5.10. The summed E-state index contributed by atoms with van der Waals surface area (Å²) in [6, 6.07) is 20.3. The molecular weight excluding hydrogens is 630 g/mol. The first-order valence-corrected chi connectivity index (χ1v) is 13.3. The highest BCUT2D eigenvalue weighted by Crippen LogP contribution is 2.38. The molecule has 5 rings (SSSR count). The van der Waals surface area contributed by atoms with Crippen LogP contribution in [0.25, 0.3) is 22.2 Å². The normalized spacial score (nSPS) is 14.5. The van der Waals surface area contributed by atoms with E-state index in [1.807, 2.05) is 48.5 Å². The van der Waals surface area contributed by atoms with Gasteiger partial charge in [0, 0.05) is 30.7 Å². The molecule has 36 heavy (non-hydrogen) atoms. The van der Waals surface area contributed by atoms with Crippen LogP contribution in [0.4, 0.5) is 0 Å². The third-order valence-corrected chi connectivity index (χ3v) is 7.72. The van der Waals surface area contributed by atoms with E-state index in [0.29, 0.717) is 10.6 Å². The lowest BCUT2D eigenvalue weighted by Gasteiger charge is -2.08. The molecule has 0 aliphatic carbocycles. The molecule has 0 atom stereocenters. The molecule has 1 aliphatic heterocycles. The molecule has 0 saturated carbocycles. The number of carbonyl (C=O) groups excluding carboxylic acids is 2. The van der Waals surface area contributed by atoms with Crippen molar-refractivity contribution >= 4 is 94.9 Å². The molecule has 0 bridgehead atoms. The monoisotopic (exact) mass is 641 g/mol. The summed E-state index contributed by atoms with van der Waals surface area (Å²) in [5.74, 6) is -0.769. The van der Waals surface area contributed by atoms with Crippen LogP contribution < -0.4 is 4.74 Å². The molecule has 4 aromatic rings. The Morgan fingerprint density at radius 1 is 1.00 bits per heavy atom. The van der Waals surface area contributed by atoms with Crippen molar-refractivity contribution in [1.82, 2.24) is 0 Å². The van der Waals surface area contributed by atoms with Crippen molar-refractivity contribution in [2.45, 2.75) is 0 Å². The number of nitrogens with zero attached hydrogens (tertiary/aromatic N) is 1. The van der Waals surface area contributed by atoms with Crippen LogP contribution in [0.1, 0.15) is 20.8 Å². The summed E-state index contributed by atoms with van der Waals surface area (Å²) in [4.78, 5) is 30.0. The predicted octanol–water partition coefficient (Wildman–Crippen LogP) is 8.31. The fraction of sp³-hybridized carbons (Fsp3) is 0. The van der Waals surface area contributed by atoms with Gasteiger partial charge in [0.2, 0.25) is 5.90 Å². The van der Waals surface area contributed by atoms with Gasteiger partial charge in [-0.15, -0.1) is 11.3 Å². The van der Waals surface area contributed by atoms with E-state index in [4.69, 9.17) is 21.1 Å². The lowest BCUT2D eigenvalue weighted by atomic mass is 10.1. The number of fused-ring (bicyclic) bond motifs is 1. The average Bonchev–Trinajstić information content (AvgIpc) is 3.38. The zero-order valence-corrected chi connectivity index (χ0v) is 22.9. The number of benzene rings is 3. The van der Waals surface area contributed by atoms with Crippen LogP contribution in [0.5, 0.6) is 5.75 Å². The zero-order chi connectivity index (χ0) is 25.2. The minimum absolute atomic E-state index is 0.0860. The van der Waals surface area contributed by atoms with Gasteiger partial charge in [0.1, 0.15) is 10.6 Å². The van der Waals surface area contributed by atoms with Crippen molar-refractivity contribution in [2.24, 2.45) is 4.99 Å².